The summed E-state index contributed by atoms with van der Waals surface area (Å²) in [5.41, 5.74) is 7.04. The van der Waals surface area contributed by atoms with Gasteiger partial charge in [0.25, 0.3) is 0 Å². The summed E-state index contributed by atoms with van der Waals surface area (Å²) in [6.45, 7) is 13.4. The van der Waals surface area contributed by atoms with E-state index in [2.05, 4.69) is 96.1 Å². The van der Waals surface area contributed by atoms with E-state index in [0.717, 1.165) is 56.3 Å². The van der Waals surface area contributed by atoms with Crippen LogP contribution in [-0.4, -0.2) is 4.98 Å². The largest absolute Gasteiger partial charge is 0.460 e. The third-order valence-electron chi connectivity index (χ3n) is 7.09. The van der Waals surface area contributed by atoms with Gasteiger partial charge in [-0.2, -0.15) is 0 Å². The van der Waals surface area contributed by atoms with Crippen molar-refractivity contribution in [3.05, 3.63) is 77.7 Å². The number of aromatic nitrogens is 1. The highest BCUT2D eigenvalue weighted by Crippen LogP contribution is 2.42. The molecule has 0 aliphatic rings. The van der Waals surface area contributed by atoms with E-state index in [0.29, 0.717) is 5.92 Å². The Balaban J connectivity index is 1.65. The van der Waals surface area contributed by atoms with Crippen LogP contribution in [0.4, 0.5) is 0 Å². The van der Waals surface area contributed by atoms with Gasteiger partial charge in [0, 0.05) is 29.0 Å². The molecule has 0 fully saturated rings. The zero-order valence-corrected chi connectivity index (χ0v) is 21.3. The summed E-state index contributed by atoms with van der Waals surface area (Å²) in [7, 11) is 0. The first-order valence-electron chi connectivity index (χ1n) is 12.5. The van der Waals surface area contributed by atoms with Gasteiger partial charge < -0.3 is 8.83 Å². The van der Waals surface area contributed by atoms with Crippen LogP contribution in [0.5, 0.6) is 0 Å². The predicted molar refractivity (Wildman–Crippen MR) is 146 cm³/mol. The molecule has 0 bridgehead atoms. The molecule has 0 unspecified atom stereocenters. The average molecular weight is 462 g/mol. The lowest BCUT2D eigenvalue weighted by atomic mass is 9.82. The minimum absolute atomic E-state index is 0.00205. The van der Waals surface area contributed by atoms with Gasteiger partial charge in [0.15, 0.2) is 5.58 Å². The Kier molecular flexibility index (Phi) is 4.83. The average Bonchev–Trinajstić information content (AvgIpc) is 3.34. The van der Waals surface area contributed by atoms with Crippen molar-refractivity contribution in [2.75, 3.05) is 0 Å². The standard InChI is InChI=1S/C32H31NO2/c1-18(2)15-27-19(3)22-11-12-26-28(30(22)35-27)24-13-14-33-29(31(24)34-26)21-16-20-9-7-8-10-23(20)25(17-21)32(4,5)6/h7-14,16-18H,15H2,1-6H3. The van der Waals surface area contributed by atoms with Crippen LogP contribution in [0.2, 0.25) is 0 Å². The van der Waals surface area contributed by atoms with E-state index in [-0.39, 0.29) is 5.41 Å². The van der Waals surface area contributed by atoms with Gasteiger partial charge in [0.2, 0.25) is 0 Å². The Labute approximate surface area is 205 Å². The van der Waals surface area contributed by atoms with Crippen LogP contribution >= 0.6 is 0 Å². The molecule has 0 atom stereocenters. The number of rotatable bonds is 3. The molecular weight excluding hydrogens is 430 g/mol. The van der Waals surface area contributed by atoms with Crippen LogP contribution in [0.1, 0.15) is 51.5 Å². The van der Waals surface area contributed by atoms with Crippen LogP contribution in [0.15, 0.2) is 69.6 Å². The van der Waals surface area contributed by atoms with Crippen molar-refractivity contribution in [2.24, 2.45) is 5.92 Å². The third-order valence-corrected chi connectivity index (χ3v) is 7.09. The number of fused-ring (bicyclic) bond motifs is 6. The number of nitrogens with zero attached hydrogens (tertiary/aromatic N) is 1. The SMILES string of the molecule is Cc1c(CC(C)C)oc2c1ccc1oc3c(-c4cc(C(C)(C)C)c5ccccc5c4)nccc3c12. The molecule has 3 nitrogen and oxygen atoms in total. The fraction of sp³-hybridized carbons (Fsp3) is 0.281. The number of pyridine rings is 1. The van der Waals surface area contributed by atoms with Gasteiger partial charge >= 0.3 is 0 Å². The highest BCUT2D eigenvalue weighted by Gasteiger charge is 2.22. The Bertz CT molecular complexity index is 1740. The first-order valence-corrected chi connectivity index (χ1v) is 12.5. The molecule has 6 rings (SSSR count). The molecule has 6 aromatic rings. The number of furan rings is 2. The van der Waals surface area contributed by atoms with Crippen molar-refractivity contribution in [3.8, 4) is 11.3 Å². The molecule has 0 N–H and O–H groups in total. The summed E-state index contributed by atoms with van der Waals surface area (Å²) in [6, 6.07) is 19.4. The van der Waals surface area contributed by atoms with E-state index in [1.165, 1.54) is 21.9 Å². The monoisotopic (exact) mass is 461 g/mol. The van der Waals surface area contributed by atoms with Crippen molar-refractivity contribution in [2.45, 2.75) is 53.4 Å². The molecule has 3 aromatic carbocycles. The molecule has 0 saturated heterocycles. The Morgan fingerprint density at radius 3 is 2.43 bits per heavy atom. The van der Waals surface area contributed by atoms with E-state index in [1.54, 1.807) is 0 Å². The Morgan fingerprint density at radius 2 is 1.66 bits per heavy atom. The van der Waals surface area contributed by atoms with Crippen LogP contribution < -0.4 is 0 Å². The maximum absolute atomic E-state index is 6.49. The van der Waals surface area contributed by atoms with Crippen LogP contribution in [0.3, 0.4) is 0 Å². The molecule has 3 aromatic heterocycles. The van der Waals surface area contributed by atoms with Crippen molar-refractivity contribution >= 4 is 43.7 Å². The summed E-state index contributed by atoms with van der Waals surface area (Å²) in [6.07, 6.45) is 2.82. The highest BCUT2D eigenvalue weighted by molar-refractivity contribution is 6.19. The zero-order valence-electron chi connectivity index (χ0n) is 21.3. The molecular formula is C32H31NO2. The second-order valence-corrected chi connectivity index (χ2v) is 11.2. The quantitative estimate of drug-likeness (QED) is 0.263. The first kappa shape index (κ1) is 21.9. The molecule has 0 amide bonds. The molecule has 35 heavy (non-hydrogen) atoms. The summed E-state index contributed by atoms with van der Waals surface area (Å²) in [5.74, 6) is 1.60. The molecule has 3 heteroatoms. The molecule has 0 radical (unpaired) electrons. The van der Waals surface area contributed by atoms with E-state index in [9.17, 15) is 0 Å². The van der Waals surface area contributed by atoms with E-state index >= 15 is 0 Å². The van der Waals surface area contributed by atoms with Gasteiger partial charge in [0.1, 0.15) is 22.6 Å². The lowest BCUT2D eigenvalue weighted by Gasteiger charge is -2.22. The fourth-order valence-electron chi connectivity index (χ4n) is 5.35. The van der Waals surface area contributed by atoms with Crippen LogP contribution in [0.25, 0.3) is 54.9 Å². The number of hydrogen-bond acceptors (Lipinski definition) is 3. The maximum Gasteiger partial charge on any atom is 0.161 e. The minimum Gasteiger partial charge on any atom is -0.460 e. The Morgan fingerprint density at radius 1 is 0.857 bits per heavy atom. The second-order valence-electron chi connectivity index (χ2n) is 11.2. The van der Waals surface area contributed by atoms with E-state index in [1.807, 2.05) is 6.20 Å². The maximum atomic E-state index is 6.49. The predicted octanol–water partition coefficient (Wildman–Crippen LogP) is 9.35. The molecule has 0 aliphatic heterocycles. The highest BCUT2D eigenvalue weighted by atomic mass is 16.3. The van der Waals surface area contributed by atoms with Gasteiger partial charge in [0.05, 0.1) is 5.39 Å². The van der Waals surface area contributed by atoms with E-state index in [4.69, 9.17) is 13.8 Å². The van der Waals surface area contributed by atoms with Crippen LogP contribution in [-0.2, 0) is 11.8 Å². The number of benzene rings is 3. The topological polar surface area (TPSA) is 39.2 Å². The van der Waals surface area contributed by atoms with E-state index < -0.39 is 0 Å². The van der Waals surface area contributed by atoms with Gasteiger partial charge in [-0.3, -0.25) is 4.98 Å². The van der Waals surface area contributed by atoms with Crippen LogP contribution in [0, 0.1) is 12.8 Å². The van der Waals surface area contributed by atoms with Gasteiger partial charge in [-0.25, -0.2) is 0 Å². The summed E-state index contributed by atoms with van der Waals surface area (Å²) in [4.78, 5) is 4.82. The van der Waals surface area contributed by atoms with Crippen molar-refractivity contribution < 1.29 is 8.83 Å². The summed E-state index contributed by atoms with van der Waals surface area (Å²) in [5, 5.41) is 5.75. The lowest BCUT2D eigenvalue weighted by molar-refractivity contribution is 0.498. The smallest absolute Gasteiger partial charge is 0.161 e. The first-order chi connectivity index (χ1) is 16.7. The molecule has 3 heterocycles. The van der Waals surface area contributed by atoms with Crippen molar-refractivity contribution in [1.82, 2.24) is 4.98 Å². The summed E-state index contributed by atoms with van der Waals surface area (Å²) < 4.78 is 13.0. The third kappa shape index (κ3) is 3.44. The molecule has 0 saturated carbocycles. The van der Waals surface area contributed by atoms with Gasteiger partial charge in [-0.1, -0.05) is 58.9 Å². The lowest BCUT2D eigenvalue weighted by Crippen LogP contribution is -2.12. The zero-order chi connectivity index (χ0) is 24.5. The second kappa shape index (κ2) is 7.71. The summed E-state index contributed by atoms with van der Waals surface area (Å²) >= 11 is 0. The van der Waals surface area contributed by atoms with Gasteiger partial charge in [-0.05, 0) is 70.5 Å². The van der Waals surface area contributed by atoms with Crippen molar-refractivity contribution in [1.29, 1.82) is 0 Å². The van der Waals surface area contributed by atoms with Crippen molar-refractivity contribution in [3.63, 3.8) is 0 Å². The normalized spacial score (nSPS) is 12.7. The number of hydrogen-bond donors (Lipinski definition) is 0. The number of aryl methyl sites for hydroxylation is 1. The molecule has 176 valence electrons. The minimum atomic E-state index is 0.00205. The van der Waals surface area contributed by atoms with Gasteiger partial charge in [-0.15, -0.1) is 0 Å². The Hall–Kier alpha value is -3.59. The fourth-order valence-corrected chi connectivity index (χ4v) is 5.35. The molecule has 0 aliphatic carbocycles. The molecule has 0 spiro atoms.